The number of nitriles is 1. The van der Waals surface area contributed by atoms with Crippen LogP contribution in [0, 0.1) is 24.2 Å². The topological polar surface area (TPSA) is 62.7 Å². The molecular weight excluding hydrogens is 338 g/mol. The Morgan fingerprint density at radius 1 is 1.41 bits per heavy atom. The zero-order valence-electron chi connectivity index (χ0n) is 13.2. The van der Waals surface area contributed by atoms with Crippen molar-refractivity contribution in [3.05, 3.63) is 45.6 Å². The highest BCUT2D eigenvalue weighted by Crippen LogP contribution is 2.33. The van der Waals surface area contributed by atoms with E-state index in [1.165, 1.54) is 0 Å². The van der Waals surface area contributed by atoms with E-state index < -0.39 is 0 Å². The summed E-state index contributed by atoms with van der Waals surface area (Å²) in [6.07, 6.45) is 1.96. The smallest absolute Gasteiger partial charge is 0.142 e. The van der Waals surface area contributed by atoms with Crippen molar-refractivity contribution in [2.24, 2.45) is 5.92 Å². The van der Waals surface area contributed by atoms with E-state index >= 15 is 0 Å². The van der Waals surface area contributed by atoms with Crippen LogP contribution in [0.4, 0.5) is 5.82 Å². The summed E-state index contributed by atoms with van der Waals surface area (Å²) in [5.41, 5.74) is 10.4. The van der Waals surface area contributed by atoms with Crippen molar-refractivity contribution in [3.63, 3.8) is 0 Å². The van der Waals surface area contributed by atoms with Gasteiger partial charge >= 0.3 is 0 Å². The van der Waals surface area contributed by atoms with E-state index in [0.717, 1.165) is 39.7 Å². The summed E-state index contributed by atoms with van der Waals surface area (Å²) in [6.45, 7) is 6.40. The zero-order chi connectivity index (χ0) is 16.3. The number of halogens is 1. The molecule has 0 aliphatic rings. The maximum atomic E-state index is 9.49. The summed E-state index contributed by atoms with van der Waals surface area (Å²) >= 11 is 3.49. The van der Waals surface area contributed by atoms with Crippen LogP contribution in [0.5, 0.6) is 0 Å². The minimum atomic E-state index is 0.321. The number of aromatic nitrogens is 1. The van der Waals surface area contributed by atoms with Gasteiger partial charge in [0.25, 0.3) is 0 Å². The molecule has 0 radical (unpaired) electrons. The fourth-order valence-electron chi connectivity index (χ4n) is 2.54. The molecule has 4 heteroatoms. The number of benzene rings is 1. The second kappa shape index (κ2) is 6.93. The molecular formula is C18H20BrN3. The standard InChI is InChI=1S/C18H20BrN3/c1-4-11(2)8-16-12(3)17(15(10-20)18(21)22-16)13-6-5-7-14(19)9-13/h5-7,9,11H,4,8H2,1-3H3,(H2,21,22). The molecule has 0 saturated heterocycles. The SMILES string of the molecule is CCC(C)Cc1nc(N)c(C#N)c(-c2cccc(Br)c2)c1C. The van der Waals surface area contributed by atoms with Gasteiger partial charge in [-0.15, -0.1) is 0 Å². The predicted octanol–water partition coefficient (Wildman–Crippen LogP) is 4.86. The van der Waals surface area contributed by atoms with Crippen molar-refractivity contribution in [1.82, 2.24) is 4.98 Å². The number of rotatable bonds is 4. The van der Waals surface area contributed by atoms with Crippen LogP contribution in [0.2, 0.25) is 0 Å². The molecule has 1 aromatic carbocycles. The Balaban J connectivity index is 2.67. The normalized spacial score (nSPS) is 12.0. The summed E-state index contributed by atoms with van der Waals surface area (Å²) in [4.78, 5) is 4.48. The molecule has 1 heterocycles. The highest BCUT2D eigenvalue weighted by Gasteiger charge is 2.18. The predicted molar refractivity (Wildman–Crippen MR) is 94.4 cm³/mol. The minimum absolute atomic E-state index is 0.321. The van der Waals surface area contributed by atoms with Crippen LogP contribution in [-0.4, -0.2) is 4.98 Å². The van der Waals surface area contributed by atoms with Gasteiger partial charge < -0.3 is 5.73 Å². The molecule has 114 valence electrons. The number of anilines is 1. The van der Waals surface area contributed by atoms with Gasteiger partial charge in [-0.25, -0.2) is 4.98 Å². The van der Waals surface area contributed by atoms with Crippen LogP contribution < -0.4 is 5.73 Å². The Kier molecular flexibility index (Phi) is 5.20. The monoisotopic (exact) mass is 357 g/mol. The third kappa shape index (κ3) is 3.31. The summed E-state index contributed by atoms with van der Waals surface area (Å²) in [6, 6.07) is 10.2. The summed E-state index contributed by atoms with van der Waals surface area (Å²) in [5, 5.41) is 9.49. The molecule has 2 aromatic rings. The molecule has 2 N–H and O–H groups in total. The molecule has 1 aromatic heterocycles. The zero-order valence-corrected chi connectivity index (χ0v) is 14.7. The maximum absolute atomic E-state index is 9.49. The van der Waals surface area contributed by atoms with Crippen molar-refractivity contribution < 1.29 is 0 Å². The van der Waals surface area contributed by atoms with Crippen LogP contribution in [-0.2, 0) is 6.42 Å². The largest absolute Gasteiger partial charge is 0.383 e. The van der Waals surface area contributed by atoms with Crippen LogP contribution in [0.1, 0.15) is 37.1 Å². The molecule has 22 heavy (non-hydrogen) atoms. The van der Waals surface area contributed by atoms with E-state index in [4.69, 9.17) is 5.73 Å². The Morgan fingerprint density at radius 2 is 2.14 bits per heavy atom. The molecule has 3 nitrogen and oxygen atoms in total. The molecule has 2 rings (SSSR count). The molecule has 0 fully saturated rings. The van der Waals surface area contributed by atoms with Crippen molar-refractivity contribution >= 4 is 21.7 Å². The first kappa shape index (κ1) is 16.5. The Bertz CT molecular complexity index is 732. The number of nitrogens with two attached hydrogens (primary N) is 1. The fraction of sp³-hybridized carbons (Fsp3) is 0.333. The molecule has 1 atom stereocenters. The highest BCUT2D eigenvalue weighted by molar-refractivity contribution is 9.10. The Hall–Kier alpha value is -1.86. The lowest BCUT2D eigenvalue weighted by Crippen LogP contribution is -2.09. The van der Waals surface area contributed by atoms with Gasteiger partial charge in [0.15, 0.2) is 0 Å². The van der Waals surface area contributed by atoms with Crippen molar-refractivity contribution in [2.45, 2.75) is 33.6 Å². The van der Waals surface area contributed by atoms with Gasteiger partial charge in [-0.1, -0.05) is 48.3 Å². The van der Waals surface area contributed by atoms with Crippen molar-refractivity contribution in [2.75, 3.05) is 5.73 Å². The maximum Gasteiger partial charge on any atom is 0.142 e. The van der Waals surface area contributed by atoms with Gasteiger partial charge in [-0.3, -0.25) is 0 Å². The third-order valence-corrected chi connectivity index (χ3v) is 4.53. The van der Waals surface area contributed by atoms with E-state index in [1.807, 2.05) is 31.2 Å². The quantitative estimate of drug-likeness (QED) is 0.849. The minimum Gasteiger partial charge on any atom is -0.383 e. The van der Waals surface area contributed by atoms with E-state index in [9.17, 15) is 5.26 Å². The molecule has 0 spiro atoms. The fourth-order valence-corrected chi connectivity index (χ4v) is 2.94. The first-order chi connectivity index (χ1) is 10.5. The highest BCUT2D eigenvalue weighted by atomic mass is 79.9. The average Bonchev–Trinajstić information content (AvgIpc) is 2.49. The van der Waals surface area contributed by atoms with Crippen molar-refractivity contribution in [3.8, 4) is 17.2 Å². The van der Waals surface area contributed by atoms with Gasteiger partial charge in [0.1, 0.15) is 17.5 Å². The summed E-state index contributed by atoms with van der Waals surface area (Å²) < 4.78 is 0.979. The number of hydrogen-bond donors (Lipinski definition) is 1. The number of nitrogens with zero attached hydrogens (tertiary/aromatic N) is 2. The van der Waals surface area contributed by atoms with Gasteiger partial charge in [0.05, 0.1) is 0 Å². The molecule has 0 aliphatic heterocycles. The molecule has 0 amide bonds. The molecule has 0 aliphatic carbocycles. The van der Waals surface area contributed by atoms with Crippen LogP contribution in [0.15, 0.2) is 28.7 Å². The first-order valence-corrected chi connectivity index (χ1v) is 8.22. The number of nitrogen functional groups attached to an aromatic ring is 1. The lowest BCUT2D eigenvalue weighted by molar-refractivity contribution is 0.551. The van der Waals surface area contributed by atoms with E-state index in [2.05, 4.69) is 40.8 Å². The molecule has 0 saturated carbocycles. The Morgan fingerprint density at radius 3 is 2.73 bits per heavy atom. The summed E-state index contributed by atoms with van der Waals surface area (Å²) in [7, 11) is 0. The number of pyridine rings is 1. The lowest BCUT2D eigenvalue weighted by Gasteiger charge is -2.17. The van der Waals surface area contributed by atoms with Crippen LogP contribution in [0.25, 0.3) is 11.1 Å². The van der Waals surface area contributed by atoms with Crippen LogP contribution in [0.3, 0.4) is 0 Å². The van der Waals surface area contributed by atoms with Crippen molar-refractivity contribution in [1.29, 1.82) is 5.26 Å². The third-order valence-electron chi connectivity index (χ3n) is 4.03. The van der Waals surface area contributed by atoms with Gasteiger partial charge in [0.2, 0.25) is 0 Å². The van der Waals surface area contributed by atoms with E-state index in [-0.39, 0.29) is 0 Å². The van der Waals surface area contributed by atoms with Gasteiger partial charge in [-0.05, 0) is 42.5 Å². The molecule has 1 unspecified atom stereocenters. The van der Waals surface area contributed by atoms with E-state index in [0.29, 0.717) is 17.3 Å². The first-order valence-electron chi connectivity index (χ1n) is 7.42. The second-order valence-corrected chi connectivity index (χ2v) is 6.57. The Labute approximate surface area is 140 Å². The van der Waals surface area contributed by atoms with Gasteiger partial charge in [-0.2, -0.15) is 5.26 Å². The van der Waals surface area contributed by atoms with Crippen LogP contribution >= 0.6 is 15.9 Å². The second-order valence-electron chi connectivity index (χ2n) is 5.66. The lowest BCUT2D eigenvalue weighted by atomic mass is 9.91. The number of hydrogen-bond acceptors (Lipinski definition) is 3. The molecule has 0 bridgehead atoms. The van der Waals surface area contributed by atoms with Gasteiger partial charge in [0, 0.05) is 15.7 Å². The summed E-state index contributed by atoms with van der Waals surface area (Å²) in [5.74, 6) is 0.857. The van der Waals surface area contributed by atoms with E-state index in [1.54, 1.807) is 0 Å². The average molecular weight is 358 g/mol.